The van der Waals surface area contributed by atoms with Crippen LogP contribution in [-0.4, -0.2) is 96.7 Å². The van der Waals surface area contributed by atoms with E-state index < -0.39 is 97.5 Å². The van der Waals surface area contributed by atoms with Gasteiger partial charge < -0.3 is 33.8 Å². The summed E-state index contributed by atoms with van der Waals surface area (Å²) in [6, 6.07) is 0. The van der Waals surface area contributed by atoms with Crippen LogP contribution in [0.25, 0.3) is 0 Å². The van der Waals surface area contributed by atoms with Crippen LogP contribution >= 0.6 is 15.6 Å². The van der Waals surface area contributed by atoms with Crippen molar-refractivity contribution in [3.63, 3.8) is 0 Å². The molecule has 0 aromatic heterocycles. The first-order chi connectivity index (χ1) is 45.1. The SMILES string of the molecule is CCC(C)CCCCCCCCCCCCCCCCC(=O)O[C@H](COC(=O)CCCCCCCCCCCC(C)C)COP(=O)(O)OCC(O)COP(=O)(O)OC[C@@H](COC(=O)CCCCCCCCCCC(C)C)OC(=O)CCCCCCCCCCCCC(C)C. The molecule has 0 spiro atoms. The van der Waals surface area contributed by atoms with E-state index in [1.807, 2.05) is 0 Å². The Labute approximate surface area is 575 Å². The van der Waals surface area contributed by atoms with Crippen LogP contribution in [0.5, 0.6) is 0 Å². The Morgan fingerprint density at radius 3 is 0.755 bits per heavy atom. The van der Waals surface area contributed by atoms with Crippen LogP contribution in [-0.2, 0) is 65.4 Å². The minimum absolute atomic E-state index is 0.105. The second-order valence-electron chi connectivity index (χ2n) is 28.7. The summed E-state index contributed by atoms with van der Waals surface area (Å²) < 4.78 is 68.5. The van der Waals surface area contributed by atoms with Crippen molar-refractivity contribution in [3.8, 4) is 0 Å². The van der Waals surface area contributed by atoms with Gasteiger partial charge in [-0.15, -0.1) is 0 Å². The number of aliphatic hydroxyl groups is 1. The number of esters is 4. The van der Waals surface area contributed by atoms with E-state index in [2.05, 4.69) is 55.4 Å². The standard InChI is InChI=1S/C75H146O17P2/c1-9-68(8)54-46-38-30-21-14-12-10-11-13-15-22-33-41-49-57-74(79)91-70(61-85-72(77)55-47-39-31-24-18-20-28-36-44-52-66(4)5)63-89-93(81,82)87-59-69(76)60-88-94(83,84)90-64-71(62-86-73(78)56-48-40-32-26-25-29-37-45-53-67(6)7)92-75(80)58-50-42-34-23-17-16-19-27-35-43-51-65(2)3/h65-71,76H,9-64H2,1-8H3,(H,81,82)(H,83,84)/t68?,69?,70-,71-/m1/s1. The van der Waals surface area contributed by atoms with Crippen LogP contribution in [0.3, 0.4) is 0 Å². The fraction of sp³-hybridized carbons (Fsp3) is 0.947. The normalized spacial score (nSPS) is 14.4. The molecule has 0 aromatic rings. The van der Waals surface area contributed by atoms with Crippen LogP contribution in [0, 0.1) is 23.7 Å². The lowest BCUT2D eigenvalue weighted by molar-refractivity contribution is -0.161. The number of phosphoric acid groups is 2. The Morgan fingerprint density at radius 2 is 0.511 bits per heavy atom. The third kappa shape index (κ3) is 67.3. The highest BCUT2D eigenvalue weighted by molar-refractivity contribution is 7.47. The van der Waals surface area contributed by atoms with Crippen LogP contribution in [0.4, 0.5) is 0 Å². The van der Waals surface area contributed by atoms with Crippen LogP contribution in [0.1, 0.15) is 376 Å². The zero-order valence-electron chi connectivity index (χ0n) is 61.6. The summed E-state index contributed by atoms with van der Waals surface area (Å²) in [6.45, 7) is 14.2. The summed E-state index contributed by atoms with van der Waals surface area (Å²) in [7, 11) is -9.91. The van der Waals surface area contributed by atoms with Gasteiger partial charge in [-0.3, -0.25) is 37.3 Å². The quantitative estimate of drug-likeness (QED) is 0.0222. The minimum atomic E-state index is -4.96. The van der Waals surface area contributed by atoms with Gasteiger partial charge in [-0.1, -0.05) is 325 Å². The van der Waals surface area contributed by atoms with E-state index in [4.69, 9.17) is 37.0 Å². The topological polar surface area (TPSA) is 237 Å². The number of carbonyl (C=O) groups excluding carboxylic acids is 4. The fourth-order valence-electron chi connectivity index (χ4n) is 11.3. The first-order valence-corrected chi connectivity index (χ1v) is 41.7. The second-order valence-corrected chi connectivity index (χ2v) is 31.6. The van der Waals surface area contributed by atoms with Gasteiger partial charge in [0.15, 0.2) is 12.2 Å². The van der Waals surface area contributed by atoms with Crippen LogP contribution < -0.4 is 0 Å². The average Bonchev–Trinajstić information content (AvgIpc) is 1.87. The zero-order valence-corrected chi connectivity index (χ0v) is 63.4. The van der Waals surface area contributed by atoms with Crippen molar-refractivity contribution >= 4 is 39.5 Å². The fourth-order valence-corrected chi connectivity index (χ4v) is 12.9. The molecule has 0 saturated heterocycles. The van der Waals surface area contributed by atoms with Gasteiger partial charge in [-0.2, -0.15) is 0 Å². The highest BCUT2D eigenvalue weighted by Gasteiger charge is 2.30. The van der Waals surface area contributed by atoms with Crippen molar-refractivity contribution in [3.05, 3.63) is 0 Å². The van der Waals surface area contributed by atoms with Crippen molar-refractivity contribution in [2.75, 3.05) is 39.6 Å². The molecule has 0 aliphatic carbocycles. The van der Waals surface area contributed by atoms with Gasteiger partial charge in [0.1, 0.15) is 19.3 Å². The van der Waals surface area contributed by atoms with Gasteiger partial charge in [-0.05, 0) is 49.4 Å². The number of hydrogen-bond acceptors (Lipinski definition) is 15. The van der Waals surface area contributed by atoms with Crippen molar-refractivity contribution in [2.24, 2.45) is 23.7 Å². The van der Waals surface area contributed by atoms with E-state index in [1.54, 1.807) is 0 Å². The van der Waals surface area contributed by atoms with E-state index in [9.17, 15) is 43.2 Å². The number of rotatable bonds is 72. The number of unbranched alkanes of at least 4 members (excludes halogenated alkanes) is 37. The minimum Gasteiger partial charge on any atom is -0.462 e. The Bertz CT molecular complexity index is 1850. The predicted molar refractivity (Wildman–Crippen MR) is 381 cm³/mol. The smallest absolute Gasteiger partial charge is 0.462 e. The van der Waals surface area contributed by atoms with Crippen molar-refractivity contribution in [1.82, 2.24) is 0 Å². The molecule has 0 bridgehead atoms. The van der Waals surface area contributed by atoms with Gasteiger partial charge in [0, 0.05) is 25.7 Å². The maximum atomic E-state index is 13.1. The van der Waals surface area contributed by atoms with Gasteiger partial charge in [-0.25, -0.2) is 9.13 Å². The number of phosphoric ester groups is 2. The molecule has 3 N–H and O–H groups in total. The monoisotopic (exact) mass is 1380 g/mol. The highest BCUT2D eigenvalue weighted by atomic mass is 31.2. The van der Waals surface area contributed by atoms with Crippen LogP contribution in [0.15, 0.2) is 0 Å². The summed E-state index contributed by atoms with van der Waals surface area (Å²) in [4.78, 5) is 72.8. The van der Waals surface area contributed by atoms with E-state index in [0.717, 1.165) is 114 Å². The molecule has 19 heteroatoms. The predicted octanol–water partition coefficient (Wildman–Crippen LogP) is 21.7. The molecule has 6 atom stereocenters. The molecular formula is C75H146O17P2. The molecule has 4 unspecified atom stereocenters. The van der Waals surface area contributed by atoms with E-state index >= 15 is 0 Å². The number of aliphatic hydroxyl groups excluding tert-OH is 1. The summed E-state index contributed by atoms with van der Waals surface area (Å²) in [6.07, 6.45) is 48.5. The number of carbonyl (C=O) groups is 4. The van der Waals surface area contributed by atoms with Gasteiger partial charge >= 0.3 is 39.5 Å². The molecular weight excluding hydrogens is 1230 g/mol. The van der Waals surface area contributed by atoms with E-state index in [0.29, 0.717) is 25.7 Å². The molecule has 0 amide bonds. The lowest BCUT2D eigenvalue weighted by Gasteiger charge is -2.21. The molecule has 0 heterocycles. The van der Waals surface area contributed by atoms with Gasteiger partial charge in [0.2, 0.25) is 0 Å². The van der Waals surface area contributed by atoms with E-state index in [1.165, 1.54) is 180 Å². The summed E-state index contributed by atoms with van der Waals surface area (Å²) in [5, 5.41) is 10.6. The lowest BCUT2D eigenvalue weighted by atomic mass is 9.99. The Balaban J connectivity index is 5.25. The van der Waals surface area contributed by atoms with Crippen LogP contribution in [0.2, 0.25) is 0 Å². The molecule has 0 aromatic carbocycles. The number of hydrogen-bond donors (Lipinski definition) is 3. The number of ether oxygens (including phenoxy) is 4. The van der Waals surface area contributed by atoms with Crippen molar-refractivity contribution in [1.29, 1.82) is 0 Å². The summed E-state index contributed by atoms with van der Waals surface area (Å²) in [5.74, 6) is 0.945. The summed E-state index contributed by atoms with van der Waals surface area (Å²) in [5.41, 5.74) is 0. The lowest BCUT2D eigenvalue weighted by Crippen LogP contribution is -2.30. The third-order valence-electron chi connectivity index (χ3n) is 17.7. The Kier molecular flexibility index (Phi) is 63.1. The molecule has 94 heavy (non-hydrogen) atoms. The Hall–Kier alpha value is -1.94. The molecule has 558 valence electrons. The molecule has 17 nitrogen and oxygen atoms in total. The Morgan fingerprint density at radius 1 is 0.298 bits per heavy atom. The highest BCUT2D eigenvalue weighted by Crippen LogP contribution is 2.45. The molecule has 0 rings (SSSR count). The molecule has 0 aliphatic heterocycles. The maximum absolute atomic E-state index is 13.1. The maximum Gasteiger partial charge on any atom is 0.472 e. The first-order valence-electron chi connectivity index (χ1n) is 38.7. The first kappa shape index (κ1) is 92.1. The van der Waals surface area contributed by atoms with Gasteiger partial charge in [0.05, 0.1) is 26.4 Å². The average molecular weight is 1380 g/mol. The van der Waals surface area contributed by atoms with Crippen molar-refractivity contribution < 1.29 is 80.2 Å². The van der Waals surface area contributed by atoms with Gasteiger partial charge in [0.25, 0.3) is 0 Å². The third-order valence-corrected chi connectivity index (χ3v) is 19.6. The summed E-state index contributed by atoms with van der Waals surface area (Å²) >= 11 is 0. The molecule has 0 saturated carbocycles. The zero-order chi connectivity index (χ0) is 69.6. The molecule has 0 radical (unpaired) electrons. The molecule has 0 fully saturated rings. The molecule has 0 aliphatic rings. The van der Waals surface area contributed by atoms with Crippen molar-refractivity contribution in [2.45, 2.75) is 395 Å². The largest absolute Gasteiger partial charge is 0.472 e. The van der Waals surface area contributed by atoms with E-state index in [-0.39, 0.29) is 25.7 Å². The second kappa shape index (κ2) is 64.4.